The van der Waals surface area contributed by atoms with Crippen molar-refractivity contribution in [2.75, 3.05) is 7.05 Å². The molecule has 1 atom stereocenters. The Morgan fingerprint density at radius 1 is 1.25 bits per heavy atom. The monoisotopic (exact) mass is 382 g/mol. The second-order valence-corrected chi connectivity index (χ2v) is 6.95. The van der Waals surface area contributed by atoms with E-state index in [4.69, 9.17) is 4.74 Å². The van der Waals surface area contributed by atoms with Gasteiger partial charge in [-0.05, 0) is 54.5 Å². The quantitative estimate of drug-likeness (QED) is 0.725. The fourth-order valence-electron chi connectivity index (χ4n) is 3.45. The number of esters is 1. The normalized spacial score (nSPS) is 16.6. The molecule has 3 rings (SSSR count). The summed E-state index contributed by atoms with van der Waals surface area (Å²) in [6, 6.07) is 8.82. The van der Waals surface area contributed by atoms with Gasteiger partial charge in [-0.25, -0.2) is 9.48 Å². The van der Waals surface area contributed by atoms with Gasteiger partial charge in [-0.2, -0.15) is 5.26 Å². The average molecular weight is 382 g/mol. The SMILES string of the molecule is C[C@H](OC(=O)c1ccc(-n2cnnn2)cc1)C(=O)N(C)C1(C#N)CCCCC1. The van der Waals surface area contributed by atoms with Gasteiger partial charge in [0.1, 0.15) is 11.9 Å². The summed E-state index contributed by atoms with van der Waals surface area (Å²) < 4.78 is 6.80. The van der Waals surface area contributed by atoms with Crippen molar-refractivity contribution < 1.29 is 14.3 Å². The van der Waals surface area contributed by atoms with Crippen molar-refractivity contribution in [3.05, 3.63) is 36.2 Å². The zero-order chi connectivity index (χ0) is 20.1. The molecule has 1 aliphatic carbocycles. The molecule has 146 valence electrons. The van der Waals surface area contributed by atoms with E-state index >= 15 is 0 Å². The molecule has 1 fully saturated rings. The molecule has 28 heavy (non-hydrogen) atoms. The van der Waals surface area contributed by atoms with Gasteiger partial charge in [0.25, 0.3) is 5.91 Å². The van der Waals surface area contributed by atoms with Gasteiger partial charge in [-0.3, -0.25) is 4.79 Å². The molecule has 0 spiro atoms. The Balaban J connectivity index is 1.64. The topological polar surface area (TPSA) is 114 Å². The van der Waals surface area contributed by atoms with Crippen LogP contribution in [0.5, 0.6) is 0 Å². The number of nitriles is 1. The molecule has 0 N–H and O–H groups in total. The minimum absolute atomic E-state index is 0.312. The Morgan fingerprint density at radius 2 is 1.93 bits per heavy atom. The maximum atomic E-state index is 12.8. The summed E-state index contributed by atoms with van der Waals surface area (Å²) in [5.74, 6) is -0.978. The van der Waals surface area contributed by atoms with E-state index in [1.807, 2.05) is 0 Å². The third-order valence-corrected chi connectivity index (χ3v) is 5.21. The maximum Gasteiger partial charge on any atom is 0.338 e. The van der Waals surface area contributed by atoms with E-state index in [0.29, 0.717) is 24.1 Å². The van der Waals surface area contributed by atoms with Crippen LogP contribution in [-0.2, 0) is 9.53 Å². The highest BCUT2D eigenvalue weighted by molar-refractivity contribution is 5.92. The molecule has 1 aromatic carbocycles. The number of rotatable bonds is 5. The summed E-state index contributed by atoms with van der Waals surface area (Å²) in [5, 5.41) is 20.5. The molecule has 0 saturated heterocycles. The van der Waals surface area contributed by atoms with E-state index in [1.54, 1.807) is 31.3 Å². The van der Waals surface area contributed by atoms with Gasteiger partial charge in [0.2, 0.25) is 0 Å². The first-order valence-corrected chi connectivity index (χ1v) is 9.20. The maximum absolute atomic E-state index is 12.8. The summed E-state index contributed by atoms with van der Waals surface area (Å²) in [6.45, 7) is 1.53. The number of ether oxygens (including phenoxy) is 1. The van der Waals surface area contributed by atoms with Crippen LogP contribution in [0.4, 0.5) is 0 Å². The molecule has 0 radical (unpaired) electrons. The number of carbonyl (C=O) groups excluding carboxylic acids is 2. The number of hydrogen-bond acceptors (Lipinski definition) is 7. The Morgan fingerprint density at radius 3 is 2.50 bits per heavy atom. The molecule has 1 saturated carbocycles. The molecule has 0 unspecified atom stereocenters. The molecule has 0 aliphatic heterocycles. The minimum Gasteiger partial charge on any atom is -0.449 e. The first-order valence-electron chi connectivity index (χ1n) is 9.20. The van der Waals surface area contributed by atoms with E-state index < -0.39 is 17.6 Å². The summed E-state index contributed by atoms with van der Waals surface area (Å²) in [7, 11) is 1.61. The molecule has 1 heterocycles. The van der Waals surface area contributed by atoms with Gasteiger partial charge in [0, 0.05) is 7.05 Å². The van der Waals surface area contributed by atoms with Crippen LogP contribution in [0.15, 0.2) is 30.6 Å². The largest absolute Gasteiger partial charge is 0.449 e. The molecule has 9 heteroatoms. The second-order valence-electron chi connectivity index (χ2n) is 6.95. The lowest BCUT2D eigenvalue weighted by Gasteiger charge is -2.39. The molecular formula is C19H22N6O3. The molecule has 2 aromatic rings. The highest BCUT2D eigenvalue weighted by Gasteiger charge is 2.40. The van der Waals surface area contributed by atoms with Crippen molar-refractivity contribution >= 4 is 11.9 Å². The van der Waals surface area contributed by atoms with Crippen LogP contribution in [-0.4, -0.2) is 55.7 Å². The number of carbonyl (C=O) groups is 2. The molecule has 9 nitrogen and oxygen atoms in total. The number of amides is 1. The smallest absolute Gasteiger partial charge is 0.338 e. The van der Waals surface area contributed by atoms with Gasteiger partial charge in [-0.15, -0.1) is 5.10 Å². The van der Waals surface area contributed by atoms with Gasteiger partial charge in [0.05, 0.1) is 17.3 Å². The van der Waals surface area contributed by atoms with Crippen molar-refractivity contribution in [3.63, 3.8) is 0 Å². The summed E-state index contributed by atoms with van der Waals surface area (Å²) in [6.07, 6.45) is 4.64. The lowest BCUT2D eigenvalue weighted by Crippen LogP contribution is -2.53. The minimum atomic E-state index is -0.983. The highest BCUT2D eigenvalue weighted by atomic mass is 16.5. The molecular weight excluding hydrogens is 360 g/mol. The van der Waals surface area contributed by atoms with Crippen LogP contribution in [0.2, 0.25) is 0 Å². The van der Waals surface area contributed by atoms with E-state index in [9.17, 15) is 14.9 Å². The number of hydrogen-bond donors (Lipinski definition) is 0. The first kappa shape index (κ1) is 19.5. The molecule has 1 aromatic heterocycles. The molecule has 1 amide bonds. The Bertz CT molecular complexity index is 866. The van der Waals surface area contributed by atoms with Crippen LogP contribution in [0, 0.1) is 11.3 Å². The lowest BCUT2D eigenvalue weighted by atomic mass is 9.81. The Labute approximate surface area is 162 Å². The number of aromatic nitrogens is 4. The second kappa shape index (κ2) is 8.17. The fraction of sp³-hybridized carbons (Fsp3) is 0.474. The number of tetrazole rings is 1. The Kier molecular flexibility index (Phi) is 5.68. The van der Waals surface area contributed by atoms with Gasteiger partial charge in [-0.1, -0.05) is 19.3 Å². The third-order valence-electron chi connectivity index (χ3n) is 5.21. The summed E-state index contributed by atoms with van der Waals surface area (Å²) >= 11 is 0. The van der Waals surface area contributed by atoms with Crippen molar-refractivity contribution in [3.8, 4) is 11.8 Å². The van der Waals surface area contributed by atoms with E-state index in [1.165, 1.54) is 22.8 Å². The van der Waals surface area contributed by atoms with Gasteiger partial charge >= 0.3 is 5.97 Å². The van der Waals surface area contributed by atoms with Crippen LogP contribution >= 0.6 is 0 Å². The predicted molar refractivity (Wildman–Crippen MR) is 98.2 cm³/mol. The molecule has 1 aliphatic rings. The zero-order valence-corrected chi connectivity index (χ0v) is 15.9. The molecule has 0 bridgehead atoms. The van der Waals surface area contributed by atoms with Crippen LogP contribution < -0.4 is 0 Å². The lowest BCUT2D eigenvalue weighted by molar-refractivity contribution is -0.143. The van der Waals surface area contributed by atoms with Crippen molar-refractivity contribution in [2.24, 2.45) is 0 Å². The average Bonchev–Trinajstić information content (AvgIpc) is 3.28. The first-order chi connectivity index (χ1) is 13.5. The zero-order valence-electron chi connectivity index (χ0n) is 15.9. The Hall–Kier alpha value is -3.28. The van der Waals surface area contributed by atoms with Crippen molar-refractivity contribution in [2.45, 2.75) is 50.7 Å². The van der Waals surface area contributed by atoms with Gasteiger partial charge < -0.3 is 9.64 Å². The fourth-order valence-corrected chi connectivity index (χ4v) is 3.45. The van der Waals surface area contributed by atoms with E-state index in [-0.39, 0.29) is 5.91 Å². The predicted octanol–water partition coefficient (Wildman–Crippen LogP) is 1.89. The van der Waals surface area contributed by atoms with Crippen LogP contribution in [0.3, 0.4) is 0 Å². The van der Waals surface area contributed by atoms with Crippen molar-refractivity contribution in [1.29, 1.82) is 5.26 Å². The number of likely N-dealkylation sites (N-methyl/N-ethyl adjacent to an activating group) is 1. The summed E-state index contributed by atoms with van der Waals surface area (Å²) in [5.41, 5.74) is 0.189. The van der Waals surface area contributed by atoms with Crippen molar-refractivity contribution in [1.82, 2.24) is 25.1 Å². The van der Waals surface area contributed by atoms with Crippen LogP contribution in [0.1, 0.15) is 49.4 Å². The van der Waals surface area contributed by atoms with E-state index in [2.05, 4.69) is 21.6 Å². The standard InChI is InChI=1S/C19H22N6O3/c1-14(17(26)24(2)19(12-20)10-4-3-5-11-19)28-18(27)15-6-8-16(9-7-15)25-13-21-22-23-25/h6-9,13-14H,3-5,10-11H2,1-2H3/t14-/m0/s1. The van der Waals surface area contributed by atoms with E-state index in [0.717, 1.165) is 19.3 Å². The number of nitrogens with zero attached hydrogens (tertiary/aromatic N) is 6. The van der Waals surface area contributed by atoms with Crippen LogP contribution in [0.25, 0.3) is 5.69 Å². The third kappa shape index (κ3) is 3.86. The summed E-state index contributed by atoms with van der Waals surface area (Å²) in [4.78, 5) is 26.6. The number of benzene rings is 1. The van der Waals surface area contributed by atoms with Gasteiger partial charge in [0.15, 0.2) is 6.10 Å². The highest BCUT2D eigenvalue weighted by Crippen LogP contribution is 2.33.